The zero-order valence-electron chi connectivity index (χ0n) is 17.4. The van der Waals surface area contributed by atoms with Crippen LogP contribution in [0.15, 0.2) is 83.9 Å². The van der Waals surface area contributed by atoms with Crippen molar-refractivity contribution in [2.45, 2.75) is 19.4 Å². The molecule has 0 spiro atoms. The number of H-pyrrole nitrogens is 1. The second-order valence-corrected chi connectivity index (χ2v) is 7.80. The number of carbonyl (C=O) groups is 1. The molecule has 0 aliphatic carbocycles. The molecule has 6 nitrogen and oxygen atoms in total. The lowest BCUT2D eigenvalue weighted by molar-refractivity contribution is -0.121. The number of halogens is 1. The maximum absolute atomic E-state index is 13.0. The van der Waals surface area contributed by atoms with E-state index in [9.17, 15) is 9.59 Å². The first-order chi connectivity index (χ1) is 15.5. The Kier molecular flexibility index (Phi) is 6.42. The zero-order valence-corrected chi connectivity index (χ0v) is 18.1. The van der Waals surface area contributed by atoms with Gasteiger partial charge in [-0.15, -0.1) is 0 Å². The van der Waals surface area contributed by atoms with E-state index in [0.717, 1.165) is 11.1 Å². The number of hydrogen-bond donors (Lipinski definition) is 2. The molecule has 1 unspecified atom stereocenters. The van der Waals surface area contributed by atoms with Gasteiger partial charge in [-0.2, -0.15) is 0 Å². The summed E-state index contributed by atoms with van der Waals surface area (Å²) in [6, 6.07) is 20.2. The Labute approximate surface area is 190 Å². The summed E-state index contributed by atoms with van der Waals surface area (Å²) in [5.74, 6) is 0.145. The summed E-state index contributed by atoms with van der Waals surface area (Å²) in [5.41, 5.74) is 3.02. The minimum Gasteiger partial charge on any atom is -0.345 e. The van der Waals surface area contributed by atoms with Crippen LogP contribution in [0.5, 0.6) is 0 Å². The number of aromatic nitrogens is 3. The second-order valence-electron chi connectivity index (χ2n) is 7.36. The van der Waals surface area contributed by atoms with Gasteiger partial charge in [0.2, 0.25) is 5.91 Å². The van der Waals surface area contributed by atoms with Crippen LogP contribution in [0.25, 0.3) is 11.4 Å². The first-order valence-corrected chi connectivity index (χ1v) is 10.5. The number of carbonyl (C=O) groups excluding carboxylic acids is 1. The fourth-order valence-corrected chi connectivity index (χ4v) is 3.62. The number of hydrogen-bond acceptors (Lipinski definition) is 4. The lowest BCUT2D eigenvalue weighted by atomic mass is 9.98. The van der Waals surface area contributed by atoms with Crippen molar-refractivity contribution in [1.82, 2.24) is 20.3 Å². The number of aromatic amines is 1. The van der Waals surface area contributed by atoms with Gasteiger partial charge >= 0.3 is 0 Å². The van der Waals surface area contributed by atoms with E-state index in [2.05, 4.69) is 20.3 Å². The van der Waals surface area contributed by atoms with Gasteiger partial charge in [0.25, 0.3) is 5.56 Å². The number of amides is 1. The number of aryl methyl sites for hydroxylation is 1. The molecule has 0 aliphatic heterocycles. The SMILES string of the molecule is Cc1nc(-c2cccnc2)[nH]c(=O)c1CC(=O)NC(c1ccccc1)c1ccc(Cl)cc1. The van der Waals surface area contributed by atoms with Crippen molar-refractivity contribution in [2.75, 3.05) is 0 Å². The monoisotopic (exact) mass is 444 g/mol. The van der Waals surface area contributed by atoms with Gasteiger partial charge in [0.15, 0.2) is 0 Å². The van der Waals surface area contributed by atoms with E-state index in [4.69, 9.17) is 11.6 Å². The van der Waals surface area contributed by atoms with Gasteiger partial charge in [0, 0.05) is 34.2 Å². The van der Waals surface area contributed by atoms with Gasteiger partial charge in [0.05, 0.1) is 12.5 Å². The van der Waals surface area contributed by atoms with Gasteiger partial charge in [-0.05, 0) is 42.3 Å². The van der Waals surface area contributed by atoms with E-state index >= 15 is 0 Å². The summed E-state index contributed by atoms with van der Waals surface area (Å²) in [5, 5.41) is 3.66. The zero-order chi connectivity index (χ0) is 22.5. The van der Waals surface area contributed by atoms with Crippen LogP contribution in [0.4, 0.5) is 0 Å². The summed E-state index contributed by atoms with van der Waals surface area (Å²) >= 11 is 6.03. The molecule has 1 amide bonds. The van der Waals surface area contributed by atoms with Gasteiger partial charge in [-0.3, -0.25) is 14.6 Å². The molecule has 1 atom stereocenters. The van der Waals surface area contributed by atoms with E-state index in [-0.39, 0.29) is 23.9 Å². The highest BCUT2D eigenvalue weighted by Gasteiger charge is 2.19. The summed E-state index contributed by atoms with van der Waals surface area (Å²) in [6.07, 6.45) is 3.19. The summed E-state index contributed by atoms with van der Waals surface area (Å²) in [6.45, 7) is 1.73. The molecular weight excluding hydrogens is 424 g/mol. The number of nitrogens with zero attached hydrogens (tertiary/aromatic N) is 2. The van der Waals surface area contributed by atoms with Crippen LogP contribution in [0.3, 0.4) is 0 Å². The van der Waals surface area contributed by atoms with Crippen LogP contribution in [0.1, 0.15) is 28.4 Å². The number of pyridine rings is 1. The largest absolute Gasteiger partial charge is 0.345 e. The average molecular weight is 445 g/mol. The van der Waals surface area contributed by atoms with Crippen LogP contribution in [-0.2, 0) is 11.2 Å². The van der Waals surface area contributed by atoms with Gasteiger partial charge in [-0.25, -0.2) is 4.98 Å². The number of benzene rings is 2. The maximum atomic E-state index is 13.0. The smallest absolute Gasteiger partial charge is 0.255 e. The van der Waals surface area contributed by atoms with Crippen molar-refractivity contribution < 1.29 is 4.79 Å². The van der Waals surface area contributed by atoms with Crippen molar-refractivity contribution in [3.8, 4) is 11.4 Å². The molecule has 2 aromatic carbocycles. The van der Waals surface area contributed by atoms with Crippen molar-refractivity contribution in [1.29, 1.82) is 0 Å². The minimum atomic E-state index is -0.372. The molecule has 0 saturated heterocycles. The normalized spacial score (nSPS) is 11.7. The minimum absolute atomic E-state index is 0.0849. The standard InChI is InChI=1S/C25H21ClN4O2/c1-16-21(25(32)30-24(28-16)19-8-5-13-27-15-19)14-22(31)29-23(17-6-3-2-4-7-17)18-9-11-20(26)12-10-18/h2-13,15,23H,14H2,1H3,(H,29,31)(H,28,30,32). The van der Waals surface area contributed by atoms with Gasteiger partial charge in [0.1, 0.15) is 5.82 Å². The third-order valence-corrected chi connectivity index (χ3v) is 5.39. The molecule has 2 aromatic heterocycles. The van der Waals surface area contributed by atoms with E-state index in [1.54, 1.807) is 37.5 Å². The Morgan fingerprint density at radius 1 is 1.03 bits per heavy atom. The highest BCUT2D eigenvalue weighted by atomic mass is 35.5. The highest BCUT2D eigenvalue weighted by Crippen LogP contribution is 2.24. The Balaban J connectivity index is 1.58. The summed E-state index contributed by atoms with van der Waals surface area (Å²) in [7, 11) is 0. The van der Waals surface area contributed by atoms with Crippen LogP contribution >= 0.6 is 11.6 Å². The Hall–Kier alpha value is -3.77. The molecule has 0 aliphatic rings. The second kappa shape index (κ2) is 9.58. The molecule has 0 bridgehead atoms. The molecule has 0 radical (unpaired) electrons. The predicted molar refractivity (Wildman–Crippen MR) is 124 cm³/mol. The van der Waals surface area contributed by atoms with Crippen LogP contribution in [0.2, 0.25) is 5.02 Å². The Morgan fingerprint density at radius 2 is 1.75 bits per heavy atom. The first kappa shape index (κ1) is 21.5. The topological polar surface area (TPSA) is 87.7 Å². The molecule has 0 saturated carbocycles. The summed E-state index contributed by atoms with van der Waals surface area (Å²) in [4.78, 5) is 37.0. The molecule has 7 heteroatoms. The molecule has 4 rings (SSSR count). The highest BCUT2D eigenvalue weighted by molar-refractivity contribution is 6.30. The van der Waals surface area contributed by atoms with E-state index in [1.165, 1.54) is 0 Å². The first-order valence-electron chi connectivity index (χ1n) is 10.1. The van der Waals surface area contributed by atoms with E-state index in [0.29, 0.717) is 27.7 Å². The van der Waals surface area contributed by atoms with Crippen LogP contribution < -0.4 is 10.9 Å². The third kappa shape index (κ3) is 4.92. The van der Waals surface area contributed by atoms with E-state index in [1.807, 2.05) is 48.5 Å². The van der Waals surface area contributed by atoms with Gasteiger partial charge < -0.3 is 10.3 Å². The Morgan fingerprint density at radius 3 is 2.41 bits per heavy atom. The third-order valence-electron chi connectivity index (χ3n) is 5.14. The summed E-state index contributed by atoms with van der Waals surface area (Å²) < 4.78 is 0. The van der Waals surface area contributed by atoms with E-state index < -0.39 is 0 Å². The lowest BCUT2D eigenvalue weighted by Gasteiger charge is -2.20. The molecule has 0 fully saturated rings. The molecular formula is C25H21ClN4O2. The van der Waals surface area contributed by atoms with Crippen molar-refractivity contribution in [3.05, 3.63) is 117 Å². The molecule has 4 aromatic rings. The maximum Gasteiger partial charge on any atom is 0.255 e. The van der Waals surface area contributed by atoms with Crippen molar-refractivity contribution >= 4 is 17.5 Å². The molecule has 160 valence electrons. The predicted octanol–water partition coefficient (Wildman–Crippen LogP) is 4.24. The quantitative estimate of drug-likeness (QED) is 0.465. The lowest BCUT2D eigenvalue weighted by Crippen LogP contribution is -2.33. The molecule has 2 heterocycles. The van der Waals surface area contributed by atoms with Crippen molar-refractivity contribution in [2.24, 2.45) is 0 Å². The Bertz CT molecular complexity index is 1270. The average Bonchev–Trinajstić information content (AvgIpc) is 2.81. The molecule has 32 heavy (non-hydrogen) atoms. The number of rotatable bonds is 6. The number of nitrogens with one attached hydrogen (secondary N) is 2. The molecule has 2 N–H and O–H groups in total. The fraction of sp³-hybridized carbons (Fsp3) is 0.120. The van der Waals surface area contributed by atoms with Crippen LogP contribution in [0, 0.1) is 6.92 Å². The van der Waals surface area contributed by atoms with Crippen molar-refractivity contribution in [3.63, 3.8) is 0 Å². The van der Waals surface area contributed by atoms with Gasteiger partial charge in [-0.1, -0.05) is 54.1 Å². The fourth-order valence-electron chi connectivity index (χ4n) is 3.49. The van der Waals surface area contributed by atoms with Crippen LogP contribution in [-0.4, -0.2) is 20.9 Å².